The third-order valence-electron chi connectivity index (χ3n) is 15.7. The Bertz CT molecular complexity index is 2960. The summed E-state index contributed by atoms with van der Waals surface area (Å²) in [5, 5.41) is 2.72. The van der Waals surface area contributed by atoms with E-state index in [0.717, 1.165) is 0 Å². The molecule has 0 unspecified atom stereocenters. The minimum absolute atomic E-state index is 0.0230. The monoisotopic (exact) mass is 828 g/mol. The van der Waals surface area contributed by atoms with Crippen LogP contribution in [-0.4, -0.2) is 6.71 Å². The lowest BCUT2D eigenvalue weighted by Crippen LogP contribution is -2.61. The van der Waals surface area contributed by atoms with E-state index < -0.39 is 0 Å². The Morgan fingerprint density at radius 2 is 1.05 bits per heavy atom. The number of thiophene rings is 1. The van der Waals surface area contributed by atoms with Gasteiger partial charge in [0.15, 0.2) is 0 Å². The fourth-order valence-corrected chi connectivity index (χ4v) is 12.9. The molecule has 0 saturated heterocycles. The maximum atomic E-state index is 2.70. The van der Waals surface area contributed by atoms with Crippen LogP contribution in [0.2, 0.25) is 0 Å². The molecule has 0 radical (unpaired) electrons. The van der Waals surface area contributed by atoms with E-state index in [2.05, 4.69) is 207 Å². The summed E-state index contributed by atoms with van der Waals surface area (Å²) in [6.45, 7) is 26.9. The lowest BCUT2D eigenvalue weighted by Gasteiger charge is -2.47. The summed E-state index contributed by atoms with van der Waals surface area (Å²) >= 11 is 1.96. The van der Waals surface area contributed by atoms with Gasteiger partial charge in [-0.1, -0.05) is 149 Å². The quantitative estimate of drug-likeness (QED) is 0.164. The van der Waals surface area contributed by atoms with Crippen molar-refractivity contribution in [1.29, 1.82) is 0 Å². The van der Waals surface area contributed by atoms with E-state index in [9.17, 15) is 0 Å². The number of para-hydroxylation sites is 1. The maximum absolute atomic E-state index is 2.70. The second-order valence-electron chi connectivity index (χ2n) is 22.7. The molecule has 0 fully saturated rings. The van der Waals surface area contributed by atoms with Crippen molar-refractivity contribution >= 4 is 78.0 Å². The number of nitrogens with zero attached hydrogens (tertiary/aromatic N) is 2. The van der Waals surface area contributed by atoms with E-state index in [1.54, 1.807) is 0 Å². The van der Waals surface area contributed by atoms with E-state index >= 15 is 0 Å². The van der Waals surface area contributed by atoms with Crippen molar-refractivity contribution in [2.24, 2.45) is 0 Å². The largest absolute Gasteiger partial charge is 0.311 e. The normalized spacial score (nSPS) is 18.7. The van der Waals surface area contributed by atoms with Gasteiger partial charge >= 0.3 is 0 Å². The van der Waals surface area contributed by atoms with Crippen LogP contribution in [0, 0.1) is 0 Å². The molecule has 3 heterocycles. The molecule has 312 valence electrons. The van der Waals surface area contributed by atoms with E-state index in [4.69, 9.17) is 0 Å². The number of anilines is 6. The predicted molar refractivity (Wildman–Crippen MR) is 271 cm³/mol. The number of rotatable bonds is 3. The van der Waals surface area contributed by atoms with Crippen LogP contribution < -0.4 is 26.2 Å². The molecule has 0 amide bonds. The Hall–Kier alpha value is -5.06. The highest BCUT2D eigenvalue weighted by Crippen LogP contribution is 2.54. The van der Waals surface area contributed by atoms with Crippen molar-refractivity contribution in [2.45, 2.75) is 129 Å². The van der Waals surface area contributed by atoms with Gasteiger partial charge in [-0.3, -0.25) is 0 Å². The Morgan fingerprint density at radius 3 is 1.68 bits per heavy atom. The summed E-state index contributed by atoms with van der Waals surface area (Å²) < 4.78 is 1.35. The van der Waals surface area contributed by atoms with Crippen molar-refractivity contribution in [1.82, 2.24) is 0 Å². The molecule has 0 saturated carbocycles. The first-order chi connectivity index (χ1) is 29.3. The molecular weight excluding hydrogens is 768 g/mol. The molecule has 62 heavy (non-hydrogen) atoms. The van der Waals surface area contributed by atoms with Gasteiger partial charge in [0.25, 0.3) is 6.71 Å². The second-order valence-corrected chi connectivity index (χ2v) is 23.8. The van der Waals surface area contributed by atoms with Gasteiger partial charge in [-0.05, 0) is 162 Å². The number of hydrogen-bond donors (Lipinski definition) is 0. The molecule has 2 aliphatic carbocycles. The van der Waals surface area contributed by atoms with E-state index in [1.807, 2.05) is 11.3 Å². The predicted octanol–water partition coefficient (Wildman–Crippen LogP) is 14.6. The zero-order valence-corrected chi connectivity index (χ0v) is 39.6. The van der Waals surface area contributed by atoms with Crippen molar-refractivity contribution in [3.8, 4) is 11.1 Å². The topological polar surface area (TPSA) is 6.48 Å². The van der Waals surface area contributed by atoms with Gasteiger partial charge in [0, 0.05) is 33.1 Å². The maximum Gasteiger partial charge on any atom is 0.254 e. The molecule has 1 aromatic heterocycles. The van der Waals surface area contributed by atoms with Crippen LogP contribution in [0.1, 0.15) is 130 Å². The van der Waals surface area contributed by atoms with Crippen molar-refractivity contribution in [3.05, 3.63) is 149 Å². The van der Waals surface area contributed by atoms with Crippen LogP contribution in [0.25, 0.3) is 21.2 Å². The highest BCUT2D eigenvalue weighted by Gasteiger charge is 2.48. The van der Waals surface area contributed by atoms with Gasteiger partial charge in [0.1, 0.15) is 0 Å². The van der Waals surface area contributed by atoms with Gasteiger partial charge in [-0.25, -0.2) is 0 Å². The second kappa shape index (κ2) is 13.2. The molecule has 4 aliphatic rings. The van der Waals surface area contributed by atoms with E-state index in [-0.39, 0.29) is 33.8 Å². The first-order valence-corrected chi connectivity index (χ1v) is 24.0. The van der Waals surface area contributed by atoms with Gasteiger partial charge in [0.2, 0.25) is 0 Å². The van der Waals surface area contributed by atoms with Crippen molar-refractivity contribution < 1.29 is 0 Å². The lowest BCUT2D eigenvalue weighted by molar-refractivity contribution is 0.332. The van der Waals surface area contributed by atoms with Crippen LogP contribution in [0.3, 0.4) is 0 Å². The van der Waals surface area contributed by atoms with Crippen LogP contribution >= 0.6 is 11.3 Å². The smallest absolute Gasteiger partial charge is 0.254 e. The van der Waals surface area contributed by atoms with Crippen LogP contribution in [-0.2, 0) is 27.1 Å². The van der Waals surface area contributed by atoms with Crippen LogP contribution in [0.15, 0.2) is 121 Å². The lowest BCUT2D eigenvalue weighted by atomic mass is 9.33. The third-order valence-corrected chi connectivity index (χ3v) is 16.9. The average Bonchev–Trinajstić information content (AvgIpc) is 3.62. The third kappa shape index (κ3) is 5.88. The van der Waals surface area contributed by atoms with Crippen LogP contribution in [0.5, 0.6) is 0 Å². The van der Waals surface area contributed by atoms with Gasteiger partial charge in [0.05, 0.1) is 5.00 Å². The zero-order chi connectivity index (χ0) is 43.3. The minimum Gasteiger partial charge on any atom is -0.311 e. The molecule has 6 aromatic carbocycles. The highest BCUT2D eigenvalue weighted by molar-refractivity contribution is 7.26. The number of benzene rings is 6. The highest BCUT2D eigenvalue weighted by atomic mass is 32.1. The summed E-state index contributed by atoms with van der Waals surface area (Å²) in [5.41, 5.74) is 20.9. The standard InChI is InChI=1S/C58H61BN2S/c1-54(2,3)38-22-25-50-41(32-38)51-53(62-50)61(39-20-16-13-17-21-39)49-31-37(36-18-14-12-15-19-36)30-48-52(49)59(51)46-34-44-45(58(10,11)29-28-57(44,8)9)35-47(46)60(48)40-23-24-42-43(33-40)56(6,7)27-26-55(42,4)5/h12-25,30-35H,26-29H2,1-11H3. The molecule has 0 N–H and O–H groups in total. The SMILES string of the molecule is CC(C)(C)c1ccc2sc3c(c2c1)B1c2cc4c(cc2N(c2ccc5c(c2)C(C)(C)CCC5(C)C)c2cc(-c5ccccc5)cc(c21)N3c1ccccc1)C(C)(C)CCC4(C)C. The molecule has 7 aromatic rings. The fraction of sp³-hybridized carbons (Fsp3) is 0.345. The molecular formula is C58H61BN2S. The van der Waals surface area contributed by atoms with Crippen LogP contribution in [0.4, 0.5) is 33.4 Å². The summed E-state index contributed by atoms with van der Waals surface area (Å²) in [5.74, 6) is 0. The first-order valence-electron chi connectivity index (χ1n) is 23.1. The Morgan fingerprint density at radius 1 is 0.484 bits per heavy atom. The average molecular weight is 829 g/mol. The summed E-state index contributed by atoms with van der Waals surface area (Å²) in [7, 11) is 0. The molecule has 0 bridgehead atoms. The van der Waals surface area contributed by atoms with Gasteiger partial charge < -0.3 is 9.80 Å². The first kappa shape index (κ1) is 39.8. The molecule has 0 atom stereocenters. The number of fused-ring (bicyclic) bond motifs is 8. The molecule has 2 aliphatic heterocycles. The Balaban J connectivity index is 1.31. The molecule has 4 heteroatoms. The summed E-state index contributed by atoms with van der Waals surface area (Å²) in [4.78, 5) is 5.32. The van der Waals surface area contributed by atoms with Gasteiger partial charge in [-0.2, -0.15) is 0 Å². The summed E-state index contributed by atoms with van der Waals surface area (Å²) in [6, 6.07) is 47.5. The number of hydrogen-bond acceptors (Lipinski definition) is 3. The van der Waals surface area contributed by atoms with E-state index in [0.29, 0.717) is 0 Å². The molecule has 2 nitrogen and oxygen atoms in total. The Labute approximate surface area is 375 Å². The Kier molecular flexibility index (Phi) is 8.49. The minimum atomic E-state index is 0.0230. The van der Waals surface area contributed by atoms with Crippen molar-refractivity contribution in [3.63, 3.8) is 0 Å². The summed E-state index contributed by atoms with van der Waals surface area (Å²) in [6.07, 6.45) is 4.74. The van der Waals surface area contributed by atoms with E-state index in [1.165, 1.54) is 125 Å². The molecule has 0 spiro atoms. The zero-order valence-electron chi connectivity index (χ0n) is 38.8. The van der Waals surface area contributed by atoms with Crippen molar-refractivity contribution in [2.75, 3.05) is 9.80 Å². The van der Waals surface area contributed by atoms with Gasteiger partial charge in [-0.15, -0.1) is 11.3 Å². The fourth-order valence-electron chi connectivity index (χ4n) is 11.7. The molecule has 11 rings (SSSR count).